The smallest absolute Gasteiger partial charge is 0.233 e. The van der Waals surface area contributed by atoms with Gasteiger partial charge in [0.1, 0.15) is 6.20 Å². The first kappa shape index (κ1) is 15.5. The number of benzene rings is 1. The highest BCUT2D eigenvalue weighted by molar-refractivity contribution is 7.13. The molecule has 1 atom stereocenters. The second-order valence-electron chi connectivity index (χ2n) is 5.76. The first-order valence-electron chi connectivity index (χ1n) is 7.60. The first-order chi connectivity index (χ1) is 10.7. The Labute approximate surface area is 139 Å². The lowest BCUT2D eigenvalue weighted by molar-refractivity contribution is -0.118. The van der Waals surface area contributed by atoms with Gasteiger partial charge in [-0.25, -0.2) is 4.98 Å². The van der Waals surface area contributed by atoms with E-state index >= 15 is 0 Å². The van der Waals surface area contributed by atoms with Crippen molar-refractivity contribution < 1.29 is 4.79 Å². The van der Waals surface area contributed by atoms with Crippen LogP contribution < -0.4 is 5.32 Å². The minimum atomic E-state index is -0.149. The molecule has 1 radical (unpaired) electrons. The lowest BCUT2D eigenvalue weighted by atomic mass is 9.87. The molecule has 1 N–H and O–H groups in total. The Morgan fingerprint density at radius 3 is 2.73 bits per heavy atom. The highest BCUT2D eigenvalue weighted by atomic mass is 35.5. The van der Waals surface area contributed by atoms with E-state index in [1.807, 2.05) is 24.3 Å². The van der Waals surface area contributed by atoms with E-state index in [1.54, 1.807) is 5.38 Å². The topological polar surface area (TPSA) is 42.0 Å². The molecule has 3 nitrogen and oxygen atoms in total. The van der Waals surface area contributed by atoms with Gasteiger partial charge in [-0.3, -0.25) is 4.79 Å². The fourth-order valence-corrected chi connectivity index (χ4v) is 3.72. The van der Waals surface area contributed by atoms with Gasteiger partial charge in [-0.15, -0.1) is 11.3 Å². The van der Waals surface area contributed by atoms with E-state index in [-0.39, 0.29) is 11.8 Å². The van der Waals surface area contributed by atoms with Crippen molar-refractivity contribution in [1.82, 2.24) is 4.98 Å². The number of carbonyl (C=O) groups excluding carboxylic acids is 1. The number of nitrogens with one attached hydrogen (secondary N) is 1. The third kappa shape index (κ3) is 3.87. The van der Waals surface area contributed by atoms with E-state index < -0.39 is 0 Å². The lowest BCUT2D eigenvalue weighted by Gasteiger charge is -2.20. The highest BCUT2D eigenvalue weighted by Crippen LogP contribution is 2.35. The van der Waals surface area contributed by atoms with Gasteiger partial charge in [0.15, 0.2) is 5.13 Å². The predicted molar refractivity (Wildman–Crippen MR) is 90.3 cm³/mol. The van der Waals surface area contributed by atoms with Crippen molar-refractivity contribution >= 4 is 34.0 Å². The maximum atomic E-state index is 12.7. The molecule has 115 valence electrons. The molecule has 1 saturated carbocycles. The van der Waals surface area contributed by atoms with Gasteiger partial charge in [0.25, 0.3) is 0 Å². The van der Waals surface area contributed by atoms with Crippen LogP contribution in [0.15, 0.2) is 29.6 Å². The second kappa shape index (κ2) is 7.25. The van der Waals surface area contributed by atoms with Gasteiger partial charge >= 0.3 is 0 Å². The van der Waals surface area contributed by atoms with Crippen LogP contribution in [0, 0.1) is 12.1 Å². The molecule has 0 spiro atoms. The lowest BCUT2D eigenvalue weighted by Crippen LogP contribution is -2.23. The van der Waals surface area contributed by atoms with Crippen LogP contribution in [0.3, 0.4) is 0 Å². The molecule has 2 aromatic rings. The van der Waals surface area contributed by atoms with Crippen molar-refractivity contribution in [3.8, 4) is 0 Å². The fourth-order valence-electron chi connectivity index (χ4n) is 3.11. The van der Waals surface area contributed by atoms with E-state index in [0.29, 0.717) is 16.1 Å². The van der Waals surface area contributed by atoms with Gasteiger partial charge in [0.05, 0.1) is 5.92 Å². The summed E-state index contributed by atoms with van der Waals surface area (Å²) in [4.78, 5) is 16.7. The number of rotatable bonds is 5. The van der Waals surface area contributed by atoms with Gasteiger partial charge in [-0.2, -0.15) is 0 Å². The van der Waals surface area contributed by atoms with Crippen molar-refractivity contribution in [3.63, 3.8) is 0 Å². The zero-order chi connectivity index (χ0) is 15.4. The number of thiazole rings is 1. The van der Waals surface area contributed by atoms with Gasteiger partial charge in [0.2, 0.25) is 5.91 Å². The summed E-state index contributed by atoms with van der Waals surface area (Å²) >= 11 is 7.36. The van der Waals surface area contributed by atoms with Crippen LogP contribution in [-0.4, -0.2) is 10.9 Å². The normalized spacial score (nSPS) is 16.6. The Morgan fingerprint density at radius 2 is 2.09 bits per heavy atom. The molecule has 1 unspecified atom stereocenters. The molecule has 1 aliphatic rings. The number of nitrogens with zero attached hydrogens (tertiary/aromatic N) is 1. The Morgan fingerprint density at radius 1 is 1.36 bits per heavy atom. The van der Waals surface area contributed by atoms with Crippen LogP contribution in [-0.2, 0) is 4.79 Å². The summed E-state index contributed by atoms with van der Waals surface area (Å²) in [6.45, 7) is 0. The Kier molecular flexibility index (Phi) is 5.11. The molecule has 0 saturated heterocycles. The molecular weight excluding hydrogens is 316 g/mol. The molecule has 1 aromatic heterocycles. The van der Waals surface area contributed by atoms with Crippen molar-refractivity contribution in [2.24, 2.45) is 5.92 Å². The van der Waals surface area contributed by atoms with Crippen LogP contribution in [0.4, 0.5) is 5.13 Å². The first-order valence-corrected chi connectivity index (χ1v) is 8.86. The average molecular weight is 334 g/mol. The molecular formula is C17H18ClN2OS. The van der Waals surface area contributed by atoms with Crippen molar-refractivity contribution in [2.45, 2.75) is 38.0 Å². The molecule has 1 aromatic carbocycles. The Hall–Kier alpha value is -1.39. The monoisotopic (exact) mass is 333 g/mol. The minimum Gasteiger partial charge on any atom is -0.301 e. The van der Waals surface area contributed by atoms with Crippen LogP contribution in [0.2, 0.25) is 5.02 Å². The molecule has 0 bridgehead atoms. The third-order valence-electron chi connectivity index (χ3n) is 4.25. The number of aromatic nitrogens is 1. The molecule has 1 fully saturated rings. The van der Waals surface area contributed by atoms with Gasteiger partial charge < -0.3 is 5.32 Å². The van der Waals surface area contributed by atoms with Crippen LogP contribution in [0.25, 0.3) is 0 Å². The summed E-state index contributed by atoms with van der Waals surface area (Å²) in [6.07, 6.45) is 8.63. The molecule has 3 rings (SSSR count). The van der Waals surface area contributed by atoms with E-state index in [2.05, 4.69) is 16.5 Å². The van der Waals surface area contributed by atoms with Crippen LogP contribution in [0.5, 0.6) is 0 Å². The number of anilines is 1. The summed E-state index contributed by atoms with van der Waals surface area (Å²) in [5.74, 6) is 0.496. The Bertz CT molecular complexity index is 606. The zero-order valence-electron chi connectivity index (χ0n) is 12.2. The van der Waals surface area contributed by atoms with Gasteiger partial charge in [0, 0.05) is 10.4 Å². The highest BCUT2D eigenvalue weighted by Gasteiger charge is 2.27. The summed E-state index contributed by atoms with van der Waals surface area (Å²) in [6, 6.07) is 7.61. The van der Waals surface area contributed by atoms with E-state index in [0.717, 1.165) is 12.0 Å². The molecule has 1 amide bonds. The zero-order valence-corrected chi connectivity index (χ0v) is 13.8. The number of halogens is 1. The van der Waals surface area contributed by atoms with E-state index in [1.165, 1.54) is 37.0 Å². The molecule has 1 heterocycles. The van der Waals surface area contributed by atoms with Gasteiger partial charge in [-0.1, -0.05) is 49.4 Å². The van der Waals surface area contributed by atoms with Crippen molar-refractivity contribution in [3.05, 3.63) is 46.4 Å². The van der Waals surface area contributed by atoms with Crippen LogP contribution in [0.1, 0.15) is 43.6 Å². The Balaban J connectivity index is 1.77. The third-order valence-corrected chi connectivity index (χ3v) is 5.14. The predicted octanol–water partition coefficient (Wildman–Crippen LogP) is 4.90. The number of hydrogen-bond donors (Lipinski definition) is 1. The largest absolute Gasteiger partial charge is 0.301 e. The maximum Gasteiger partial charge on any atom is 0.233 e. The quantitative estimate of drug-likeness (QED) is 0.845. The van der Waals surface area contributed by atoms with Crippen molar-refractivity contribution in [1.29, 1.82) is 0 Å². The van der Waals surface area contributed by atoms with Gasteiger partial charge in [-0.05, 0) is 30.0 Å². The number of amides is 1. The summed E-state index contributed by atoms with van der Waals surface area (Å²) < 4.78 is 0. The number of carbonyl (C=O) groups is 1. The molecule has 1 aliphatic carbocycles. The molecule has 0 aliphatic heterocycles. The SMILES string of the molecule is O=C(Nc1n[c]cs1)C(CC1CCCC1)c1ccc(Cl)cc1. The minimum absolute atomic E-state index is 0.0116. The fraction of sp³-hybridized carbons (Fsp3) is 0.412. The van der Waals surface area contributed by atoms with E-state index in [4.69, 9.17) is 11.6 Å². The number of hydrogen-bond acceptors (Lipinski definition) is 3. The molecule has 22 heavy (non-hydrogen) atoms. The standard InChI is InChI=1S/C17H18ClN2OS/c18-14-7-5-13(6-8-14)15(11-12-3-1-2-4-12)16(21)20-17-19-9-10-22-17/h5-8,10,12,15H,1-4,11H2,(H,19,20,21). The van der Waals surface area contributed by atoms with Crippen LogP contribution >= 0.6 is 22.9 Å². The van der Waals surface area contributed by atoms with Crippen molar-refractivity contribution in [2.75, 3.05) is 5.32 Å². The summed E-state index contributed by atoms with van der Waals surface area (Å²) in [7, 11) is 0. The second-order valence-corrected chi connectivity index (χ2v) is 7.06. The maximum absolute atomic E-state index is 12.7. The summed E-state index contributed by atoms with van der Waals surface area (Å²) in [5, 5.41) is 5.95. The van der Waals surface area contributed by atoms with E-state index in [9.17, 15) is 4.79 Å². The summed E-state index contributed by atoms with van der Waals surface area (Å²) in [5.41, 5.74) is 1.02. The average Bonchev–Trinajstić information content (AvgIpc) is 3.19. The molecule has 5 heteroatoms.